The van der Waals surface area contributed by atoms with E-state index >= 15 is 0 Å². The van der Waals surface area contributed by atoms with Gasteiger partial charge in [0.15, 0.2) is 0 Å². The average Bonchev–Trinajstić information content (AvgIpc) is 3.26. The molecule has 0 radical (unpaired) electrons. The third kappa shape index (κ3) is 5.22. The summed E-state index contributed by atoms with van der Waals surface area (Å²) in [6, 6.07) is 8.88. The topological polar surface area (TPSA) is 65.8 Å². The first-order chi connectivity index (χ1) is 15.1. The Balaban J connectivity index is 1.45. The van der Waals surface area contributed by atoms with E-state index in [1.807, 2.05) is 12.1 Å². The molecule has 7 heteroatoms. The highest BCUT2D eigenvalue weighted by Gasteiger charge is 2.33. The molecule has 1 N–H and O–H groups in total. The van der Waals surface area contributed by atoms with Crippen LogP contribution in [0.15, 0.2) is 47.1 Å². The van der Waals surface area contributed by atoms with Crippen LogP contribution in [0.5, 0.6) is 0 Å². The molecular formula is C24H30FN3O3. The number of rotatable bonds is 6. The van der Waals surface area contributed by atoms with Crippen LogP contribution in [0.1, 0.15) is 60.7 Å². The minimum atomic E-state index is -0.422. The minimum Gasteiger partial charge on any atom is -0.468 e. The molecule has 3 heterocycles. The molecule has 2 aromatic rings. The highest BCUT2D eigenvalue weighted by Crippen LogP contribution is 2.25. The first-order valence-electron chi connectivity index (χ1n) is 11.3. The van der Waals surface area contributed by atoms with Crippen molar-refractivity contribution in [1.82, 2.24) is 15.1 Å². The van der Waals surface area contributed by atoms with Crippen LogP contribution >= 0.6 is 0 Å². The van der Waals surface area contributed by atoms with Crippen LogP contribution in [0.25, 0.3) is 0 Å². The molecule has 1 aromatic heterocycles. The van der Waals surface area contributed by atoms with E-state index in [2.05, 4.69) is 10.2 Å². The molecule has 2 amide bonds. The number of nitrogens with one attached hydrogen (secondary N) is 1. The zero-order chi connectivity index (χ0) is 21.6. The van der Waals surface area contributed by atoms with Gasteiger partial charge in [-0.1, -0.05) is 6.42 Å². The van der Waals surface area contributed by atoms with Gasteiger partial charge in [-0.3, -0.25) is 19.4 Å². The highest BCUT2D eigenvalue weighted by atomic mass is 19.1. The van der Waals surface area contributed by atoms with Crippen molar-refractivity contribution in [3.63, 3.8) is 0 Å². The van der Waals surface area contributed by atoms with Gasteiger partial charge in [0, 0.05) is 18.7 Å². The predicted octanol–water partition coefficient (Wildman–Crippen LogP) is 3.76. The second kappa shape index (κ2) is 10.2. The molecule has 2 aliphatic heterocycles. The van der Waals surface area contributed by atoms with Crippen molar-refractivity contribution < 1.29 is 18.4 Å². The zero-order valence-electron chi connectivity index (χ0n) is 17.8. The van der Waals surface area contributed by atoms with E-state index in [4.69, 9.17) is 4.42 Å². The summed E-state index contributed by atoms with van der Waals surface area (Å²) in [5.74, 6) is -0.0735. The number of imide groups is 1. The number of furan rings is 1. The van der Waals surface area contributed by atoms with Crippen LogP contribution in [0.3, 0.4) is 0 Å². The summed E-state index contributed by atoms with van der Waals surface area (Å²) in [7, 11) is 0. The number of halogens is 1. The monoisotopic (exact) mass is 427 g/mol. The summed E-state index contributed by atoms with van der Waals surface area (Å²) in [4.78, 5) is 29.9. The molecule has 2 fully saturated rings. The molecule has 1 aromatic carbocycles. The summed E-state index contributed by atoms with van der Waals surface area (Å²) in [5.41, 5.74) is 0.331. The van der Waals surface area contributed by atoms with E-state index < -0.39 is 11.9 Å². The van der Waals surface area contributed by atoms with Crippen LogP contribution in [0.4, 0.5) is 4.39 Å². The maximum Gasteiger partial charge on any atom is 0.260 e. The second-order valence-electron chi connectivity index (χ2n) is 8.39. The number of amides is 2. The lowest BCUT2D eigenvalue weighted by Crippen LogP contribution is -2.50. The molecule has 4 rings (SSSR count). The first kappa shape index (κ1) is 21.7. The first-order valence-corrected chi connectivity index (χ1v) is 11.3. The van der Waals surface area contributed by atoms with Crippen molar-refractivity contribution in [1.29, 1.82) is 0 Å². The number of nitrogens with zero attached hydrogens (tertiary/aromatic N) is 2. The molecule has 0 unspecified atom stereocenters. The van der Waals surface area contributed by atoms with Gasteiger partial charge in [0.25, 0.3) is 5.91 Å². The van der Waals surface area contributed by atoms with E-state index in [1.54, 1.807) is 6.26 Å². The van der Waals surface area contributed by atoms with Crippen LogP contribution in [-0.2, 0) is 4.79 Å². The molecular weight excluding hydrogens is 397 g/mol. The zero-order valence-corrected chi connectivity index (χ0v) is 17.8. The van der Waals surface area contributed by atoms with Crippen LogP contribution in [-0.4, -0.2) is 53.8 Å². The van der Waals surface area contributed by atoms with Gasteiger partial charge in [-0.05, 0) is 81.6 Å². The predicted molar refractivity (Wildman–Crippen MR) is 115 cm³/mol. The SMILES string of the molecule is O=C(c1ccc(F)cc1)N1CCCC[C@H](NC[C@@H](c2ccco2)N2CCCCC2)C1=O. The molecule has 0 bridgehead atoms. The van der Waals surface area contributed by atoms with Crippen molar-refractivity contribution in [3.05, 3.63) is 59.8 Å². The Morgan fingerprint density at radius 1 is 1.06 bits per heavy atom. The Hall–Kier alpha value is -2.51. The van der Waals surface area contributed by atoms with Crippen LogP contribution < -0.4 is 5.32 Å². The normalized spacial score (nSPS) is 21.6. The van der Waals surface area contributed by atoms with Gasteiger partial charge in [-0.2, -0.15) is 0 Å². The highest BCUT2D eigenvalue weighted by molar-refractivity contribution is 6.06. The van der Waals surface area contributed by atoms with E-state index in [9.17, 15) is 14.0 Å². The van der Waals surface area contributed by atoms with Gasteiger partial charge < -0.3 is 9.73 Å². The van der Waals surface area contributed by atoms with Gasteiger partial charge in [0.2, 0.25) is 5.91 Å². The third-order valence-electron chi connectivity index (χ3n) is 6.29. The molecule has 2 saturated heterocycles. The molecule has 6 nitrogen and oxygen atoms in total. The van der Waals surface area contributed by atoms with E-state index in [0.29, 0.717) is 25.1 Å². The maximum absolute atomic E-state index is 13.2. The Bertz CT molecular complexity index is 863. The van der Waals surface area contributed by atoms with Gasteiger partial charge in [0.05, 0.1) is 18.3 Å². The molecule has 166 valence electrons. The fraction of sp³-hybridized carbons (Fsp3) is 0.500. The molecule has 0 spiro atoms. The lowest BCUT2D eigenvalue weighted by atomic mass is 10.1. The quantitative estimate of drug-likeness (QED) is 0.711. The Morgan fingerprint density at radius 2 is 1.81 bits per heavy atom. The molecule has 0 saturated carbocycles. The van der Waals surface area contributed by atoms with Crippen LogP contribution in [0, 0.1) is 5.82 Å². The number of carbonyl (C=O) groups excluding carboxylic acids is 2. The van der Waals surface area contributed by atoms with Gasteiger partial charge in [-0.15, -0.1) is 0 Å². The molecule has 0 aliphatic carbocycles. The molecule has 2 aliphatic rings. The van der Waals surface area contributed by atoms with Crippen molar-refractivity contribution in [2.24, 2.45) is 0 Å². The number of carbonyl (C=O) groups is 2. The Kier molecular flexibility index (Phi) is 7.14. The van der Waals surface area contributed by atoms with Gasteiger partial charge in [-0.25, -0.2) is 4.39 Å². The lowest BCUT2D eigenvalue weighted by Gasteiger charge is -2.34. The average molecular weight is 428 g/mol. The standard InChI is InChI=1S/C24H30FN3O3/c25-19-11-9-18(10-12-19)23(29)28-15-5-2-7-20(24(28)30)26-17-21(22-8-6-16-31-22)27-13-3-1-4-14-27/h6,8-12,16,20-21,26H,1-5,7,13-15,17H2/t20-,21-/m0/s1. The summed E-state index contributed by atoms with van der Waals surface area (Å²) in [5, 5.41) is 3.44. The minimum absolute atomic E-state index is 0.0626. The van der Waals surface area contributed by atoms with Crippen molar-refractivity contribution >= 4 is 11.8 Å². The molecule has 31 heavy (non-hydrogen) atoms. The van der Waals surface area contributed by atoms with Crippen molar-refractivity contribution in [2.45, 2.75) is 50.6 Å². The summed E-state index contributed by atoms with van der Waals surface area (Å²) in [6.45, 7) is 3.01. The number of hydrogen-bond acceptors (Lipinski definition) is 5. The smallest absolute Gasteiger partial charge is 0.260 e. The largest absolute Gasteiger partial charge is 0.468 e. The fourth-order valence-corrected chi connectivity index (χ4v) is 4.55. The summed E-state index contributed by atoms with van der Waals surface area (Å²) >= 11 is 0. The lowest BCUT2D eigenvalue weighted by molar-refractivity contribution is -0.130. The van der Waals surface area contributed by atoms with Gasteiger partial charge >= 0.3 is 0 Å². The Morgan fingerprint density at radius 3 is 2.52 bits per heavy atom. The summed E-state index contributed by atoms with van der Waals surface area (Å²) in [6.07, 6.45) is 7.59. The maximum atomic E-state index is 13.2. The van der Waals surface area contributed by atoms with E-state index in [-0.39, 0.29) is 17.9 Å². The van der Waals surface area contributed by atoms with E-state index in [0.717, 1.165) is 31.7 Å². The third-order valence-corrected chi connectivity index (χ3v) is 6.29. The second-order valence-corrected chi connectivity index (χ2v) is 8.39. The molecule has 2 atom stereocenters. The summed E-state index contributed by atoms with van der Waals surface area (Å²) < 4.78 is 18.9. The number of hydrogen-bond donors (Lipinski definition) is 1. The van der Waals surface area contributed by atoms with Crippen molar-refractivity contribution in [3.8, 4) is 0 Å². The number of piperidine rings is 1. The van der Waals surface area contributed by atoms with Crippen LogP contribution in [0.2, 0.25) is 0 Å². The van der Waals surface area contributed by atoms with Crippen molar-refractivity contribution in [2.75, 3.05) is 26.2 Å². The van der Waals surface area contributed by atoms with Gasteiger partial charge in [0.1, 0.15) is 11.6 Å². The fourth-order valence-electron chi connectivity index (χ4n) is 4.55. The number of benzene rings is 1. The Labute approximate surface area is 182 Å². The van der Waals surface area contributed by atoms with E-state index in [1.165, 1.54) is 48.4 Å². The number of likely N-dealkylation sites (tertiary alicyclic amines) is 2.